The number of carboxylic acids is 1. The lowest BCUT2D eigenvalue weighted by Gasteiger charge is -2.29. The van der Waals surface area contributed by atoms with Crippen LogP contribution < -0.4 is 0 Å². The Morgan fingerprint density at radius 1 is 1.46 bits per heavy atom. The van der Waals surface area contributed by atoms with E-state index in [-0.39, 0.29) is 18.7 Å². The van der Waals surface area contributed by atoms with Crippen LogP contribution in [0.25, 0.3) is 0 Å². The number of fused-ring (bicyclic) bond motifs is 1. The summed E-state index contributed by atoms with van der Waals surface area (Å²) in [6.07, 6.45) is -1.06. The van der Waals surface area contributed by atoms with Crippen molar-refractivity contribution in [3.63, 3.8) is 0 Å². The van der Waals surface area contributed by atoms with Crippen LogP contribution in [0.3, 0.4) is 0 Å². The number of aliphatic carboxylic acids is 1. The molecule has 3 rings (SSSR count). The SMILES string of the molecule is CC1=C(CC(=O)O)C2=CC(=O)C(F)CC2N1C(=O)c1ccc(Cl)s1. The van der Waals surface area contributed by atoms with Crippen LogP contribution in [0.1, 0.15) is 29.4 Å². The van der Waals surface area contributed by atoms with E-state index in [1.807, 2.05) is 0 Å². The van der Waals surface area contributed by atoms with Gasteiger partial charge >= 0.3 is 5.97 Å². The van der Waals surface area contributed by atoms with Crippen molar-refractivity contribution < 1.29 is 23.9 Å². The number of nitrogens with zero attached hydrogens (tertiary/aromatic N) is 1. The predicted molar refractivity (Wildman–Crippen MR) is 86.8 cm³/mol. The lowest BCUT2D eigenvalue weighted by molar-refractivity contribution is -0.136. The highest BCUT2D eigenvalue weighted by molar-refractivity contribution is 7.18. The number of alkyl halides is 1. The molecule has 0 radical (unpaired) electrons. The molecule has 1 aromatic rings. The predicted octanol–water partition coefficient (Wildman–Crippen LogP) is 3.21. The molecule has 2 aliphatic rings. The van der Waals surface area contributed by atoms with Crippen molar-refractivity contribution in [2.45, 2.75) is 32.0 Å². The Kier molecular flexibility index (Phi) is 4.31. The highest BCUT2D eigenvalue weighted by atomic mass is 35.5. The zero-order chi connectivity index (χ0) is 17.6. The van der Waals surface area contributed by atoms with E-state index in [2.05, 4.69) is 0 Å². The Labute approximate surface area is 146 Å². The molecular formula is C16H13ClFNO4S. The zero-order valence-corrected chi connectivity index (χ0v) is 14.2. The van der Waals surface area contributed by atoms with E-state index in [9.17, 15) is 18.8 Å². The summed E-state index contributed by atoms with van der Waals surface area (Å²) in [4.78, 5) is 37.4. The van der Waals surface area contributed by atoms with E-state index < -0.39 is 24.0 Å². The quantitative estimate of drug-likeness (QED) is 0.887. The number of amides is 1. The van der Waals surface area contributed by atoms with Crippen molar-refractivity contribution in [1.29, 1.82) is 0 Å². The minimum atomic E-state index is -1.70. The summed E-state index contributed by atoms with van der Waals surface area (Å²) in [6, 6.07) is 2.49. The van der Waals surface area contributed by atoms with Gasteiger partial charge in [-0.3, -0.25) is 14.4 Å². The van der Waals surface area contributed by atoms with Crippen molar-refractivity contribution in [1.82, 2.24) is 4.90 Å². The summed E-state index contributed by atoms with van der Waals surface area (Å²) in [5.74, 6) is -2.14. The summed E-state index contributed by atoms with van der Waals surface area (Å²) in [5.41, 5.74) is 1.25. The second-order valence-electron chi connectivity index (χ2n) is 5.63. The Bertz CT molecular complexity index is 813. The van der Waals surface area contributed by atoms with Crippen LogP contribution in [0.15, 0.2) is 35.1 Å². The molecule has 5 nitrogen and oxygen atoms in total. The fourth-order valence-corrected chi connectivity index (χ4v) is 4.10. The summed E-state index contributed by atoms with van der Waals surface area (Å²) < 4.78 is 14.3. The number of allylic oxidation sites excluding steroid dienone is 2. The molecule has 2 atom stereocenters. The maximum Gasteiger partial charge on any atom is 0.307 e. The van der Waals surface area contributed by atoms with Gasteiger partial charge in [-0.25, -0.2) is 4.39 Å². The molecule has 1 N–H and O–H groups in total. The molecule has 1 aliphatic heterocycles. The molecule has 2 heterocycles. The fraction of sp³-hybridized carbons (Fsp3) is 0.312. The second kappa shape index (κ2) is 6.14. The van der Waals surface area contributed by atoms with E-state index in [0.717, 1.165) is 17.4 Å². The normalized spacial score (nSPS) is 23.4. The second-order valence-corrected chi connectivity index (χ2v) is 7.35. The van der Waals surface area contributed by atoms with Gasteiger partial charge in [0, 0.05) is 12.1 Å². The standard InChI is InChI=1S/C16H13ClFNO4S/c1-7-8(5-15(21)22)9-4-12(20)10(18)6-11(9)19(7)16(23)13-2-3-14(17)24-13/h2-4,10-11H,5-6H2,1H3,(H,21,22). The van der Waals surface area contributed by atoms with Gasteiger partial charge in [0.2, 0.25) is 0 Å². The van der Waals surface area contributed by atoms with Gasteiger partial charge in [-0.15, -0.1) is 11.3 Å². The first-order valence-corrected chi connectivity index (χ1v) is 8.39. The van der Waals surface area contributed by atoms with Gasteiger partial charge < -0.3 is 10.0 Å². The van der Waals surface area contributed by atoms with Gasteiger partial charge in [-0.2, -0.15) is 0 Å². The third kappa shape index (κ3) is 2.78. The molecule has 24 heavy (non-hydrogen) atoms. The van der Waals surface area contributed by atoms with E-state index in [1.165, 1.54) is 4.90 Å². The smallest absolute Gasteiger partial charge is 0.307 e. The Hall–Kier alpha value is -1.99. The van der Waals surface area contributed by atoms with E-state index in [0.29, 0.717) is 26.1 Å². The van der Waals surface area contributed by atoms with Crippen molar-refractivity contribution >= 4 is 40.6 Å². The van der Waals surface area contributed by atoms with Gasteiger partial charge in [0.1, 0.15) is 0 Å². The summed E-state index contributed by atoms with van der Waals surface area (Å²) in [7, 11) is 0. The van der Waals surface area contributed by atoms with Crippen LogP contribution in [-0.2, 0) is 9.59 Å². The Morgan fingerprint density at radius 3 is 2.75 bits per heavy atom. The third-order valence-corrected chi connectivity index (χ3v) is 5.40. The summed E-state index contributed by atoms with van der Waals surface area (Å²) in [6.45, 7) is 1.61. The maximum absolute atomic E-state index is 13.9. The first-order valence-electron chi connectivity index (χ1n) is 7.20. The van der Waals surface area contributed by atoms with Gasteiger partial charge in [0.15, 0.2) is 12.0 Å². The zero-order valence-electron chi connectivity index (χ0n) is 12.6. The van der Waals surface area contributed by atoms with Crippen LogP contribution in [0.2, 0.25) is 4.34 Å². The molecule has 0 aromatic carbocycles. The lowest BCUT2D eigenvalue weighted by Crippen LogP contribution is -2.40. The average molecular weight is 370 g/mol. The number of halogens is 2. The van der Waals surface area contributed by atoms with Gasteiger partial charge in [0.05, 0.1) is 21.7 Å². The van der Waals surface area contributed by atoms with Gasteiger partial charge in [0.25, 0.3) is 5.91 Å². The number of ketones is 1. The van der Waals surface area contributed by atoms with Crippen LogP contribution in [0.4, 0.5) is 4.39 Å². The Morgan fingerprint density at radius 2 is 2.17 bits per heavy atom. The molecule has 0 fully saturated rings. The van der Waals surface area contributed by atoms with E-state index in [4.69, 9.17) is 16.7 Å². The molecule has 0 saturated carbocycles. The maximum atomic E-state index is 13.9. The molecule has 1 amide bonds. The molecule has 0 spiro atoms. The monoisotopic (exact) mass is 369 g/mol. The number of thiophene rings is 1. The molecule has 2 unspecified atom stereocenters. The first kappa shape index (κ1) is 16.9. The average Bonchev–Trinajstić information content (AvgIpc) is 3.03. The molecule has 126 valence electrons. The highest BCUT2D eigenvalue weighted by Crippen LogP contribution is 2.41. The molecule has 1 aliphatic carbocycles. The van der Waals surface area contributed by atoms with E-state index >= 15 is 0 Å². The van der Waals surface area contributed by atoms with Crippen LogP contribution in [0.5, 0.6) is 0 Å². The van der Waals surface area contributed by atoms with E-state index in [1.54, 1.807) is 19.1 Å². The van der Waals surface area contributed by atoms with Crippen molar-refractivity contribution in [3.05, 3.63) is 44.3 Å². The number of carbonyl (C=O) groups is 3. The molecule has 8 heteroatoms. The minimum absolute atomic E-state index is 0.171. The topological polar surface area (TPSA) is 74.7 Å². The summed E-state index contributed by atoms with van der Waals surface area (Å²) in [5, 5.41) is 9.11. The van der Waals surface area contributed by atoms with Crippen LogP contribution in [-0.4, -0.2) is 39.9 Å². The minimum Gasteiger partial charge on any atom is -0.481 e. The number of hydrogen-bond acceptors (Lipinski definition) is 4. The Balaban J connectivity index is 2.06. The molecular weight excluding hydrogens is 357 g/mol. The molecule has 1 aromatic heterocycles. The van der Waals surface area contributed by atoms with Gasteiger partial charge in [-0.05, 0) is 36.3 Å². The first-order chi connectivity index (χ1) is 11.3. The van der Waals surface area contributed by atoms with Crippen LogP contribution >= 0.6 is 22.9 Å². The van der Waals surface area contributed by atoms with Crippen molar-refractivity contribution in [2.75, 3.05) is 0 Å². The highest BCUT2D eigenvalue weighted by Gasteiger charge is 2.44. The fourth-order valence-electron chi connectivity index (χ4n) is 3.12. The number of hydrogen-bond donors (Lipinski definition) is 1. The largest absolute Gasteiger partial charge is 0.481 e. The van der Waals surface area contributed by atoms with Crippen LogP contribution in [0, 0.1) is 0 Å². The number of carboxylic acid groups (broad SMARTS) is 1. The molecule has 0 saturated heterocycles. The third-order valence-electron chi connectivity index (χ3n) is 4.18. The molecule has 0 bridgehead atoms. The van der Waals surface area contributed by atoms with Crippen molar-refractivity contribution in [3.8, 4) is 0 Å². The number of rotatable bonds is 3. The van der Waals surface area contributed by atoms with Gasteiger partial charge in [-0.1, -0.05) is 11.6 Å². The number of carbonyl (C=O) groups excluding carboxylic acids is 2. The summed E-state index contributed by atoms with van der Waals surface area (Å²) >= 11 is 6.96. The lowest BCUT2D eigenvalue weighted by atomic mass is 9.88. The van der Waals surface area contributed by atoms with Crippen molar-refractivity contribution in [2.24, 2.45) is 0 Å².